The van der Waals surface area contributed by atoms with Crippen molar-refractivity contribution in [1.82, 2.24) is 29.4 Å². The van der Waals surface area contributed by atoms with E-state index in [9.17, 15) is 4.79 Å². The van der Waals surface area contributed by atoms with Gasteiger partial charge in [-0.05, 0) is 68.5 Å². The normalized spacial score (nSPS) is 17.3. The first-order valence-electron chi connectivity index (χ1n) is 15.2. The summed E-state index contributed by atoms with van der Waals surface area (Å²) in [5, 5.41) is 10.1. The summed E-state index contributed by atoms with van der Waals surface area (Å²) in [6.07, 6.45) is 6.63. The number of aromatic nitrogens is 5. The second-order valence-corrected chi connectivity index (χ2v) is 11.5. The first kappa shape index (κ1) is 24.8. The number of rotatable bonds is 8. The van der Waals surface area contributed by atoms with Crippen LogP contribution in [0.15, 0.2) is 48.9 Å². The summed E-state index contributed by atoms with van der Waals surface area (Å²) < 4.78 is 31.0. The average molecular weight is 612 g/mol. The number of fused-ring (bicyclic) bond motifs is 1. The summed E-state index contributed by atoms with van der Waals surface area (Å²) >= 11 is 12.6. The summed E-state index contributed by atoms with van der Waals surface area (Å²) in [6, 6.07) is 9.11. The van der Waals surface area contributed by atoms with Crippen LogP contribution >= 0.6 is 23.2 Å². The Balaban J connectivity index is 1.19. The molecule has 0 amide bonds. The van der Waals surface area contributed by atoms with Gasteiger partial charge in [0.2, 0.25) is 11.8 Å². The van der Waals surface area contributed by atoms with Crippen molar-refractivity contribution in [3.05, 3.63) is 76.0 Å². The van der Waals surface area contributed by atoms with Crippen LogP contribution < -0.4 is 9.64 Å². The summed E-state index contributed by atoms with van der Waals surface area (Å²) in [5.41, 5.74) is 3.15. The number of ether oxygens (including phenoxy) is 1. The number of carboxylic acid groups (broad SMARTS) is 1. The first-order chi connectivity index (χ1) is 21.5. The maximum atomic E-state index is 11.1. The van der Waals surface area contributed by atoms with Crippen molar-refractivity contribution in [2.24, 2.45) is 5.92 Å². The van der Waals surface area contributed by atoms with E-state index in [1.165, 1.54) is 0 Å². The SMILES string of the molecule is [2H]C([2H])([2H])c1ncc2n1CCN(c1ncc(Oc3cc(CN4CCC(CC(=O)O)CC4)cc(-c4cc(Cl)cc(Cl)c4)n3)cn1)C2. The molecule has 0 radical (unpaired) electrons. The van der Waals surface area contributed by atoms with Crippen molar-refractivity contribution < 1.29 is 18.8 Å². The van der Waals surface area contributed by atoms with Gasteiger partial charge in [0.15, 0.2) is 5.75 Å². The van der Waals surface area contributed by atoms with Crippen molar-refractivity contribution in [1.29, 1.82) is 0 Å². The van der Waals surface area contributed by atoms with E-state index in [0.29, 0.717) is 59.5 Å². The molecule has 0 unspecified atom stereocenters. The van der Waals surface area contributed by atoms with Crippen LogP contribution in [0, 0.1) is 12.8 Å². The molecule has 10 nitrogen and oxygen atoms in total. The van der Waals surface area contributed by atoms with E-state index in [2.05, 4.69) is 19.9 Å². The highest BCUT2D eigenvalue weighted by Gasteiger charge is 2.23. The van der Waals surface area contributed by atoms with Gasteiger partial charge in [-0.15, -0.1) is 0 Å². The minimum atomic E-state index is -2.26. The number of benzene rings is 1. The van der Waals surface area contributed by atoms with Crippen LogP contribution in [-0.4, -0.2) is 60.1 Å². The predicted octanol–water partition coefficient (Wildman–Crippen LogP) is 5.85. The summed E-state index contributed by atoms with van der Waals surface area (Å²) in [4.78, 5) is 33.3. The van der Waals surface area contributed by atoms with E-state index in [1.807, 2.05) is 17.0 Å². The summed E-state index contributed by atoms with van der Waals surface area (Å²) in [5.74, 6) is 0.792. The third-order valence-corrected chi connectivity index (χ3v) is 8.04. The number of imidazole rings is 1. The Kier molecular flexibility index (Phi) is 7.24. The number of carboxylic acids is 1. The van der Waals surface area contributed by atoms with E-state index in [-0.39, 0.29) is 18.2 Å². The van der Waals surface area contributed by atoms with Crippen LogP contribution in [-0.2, 0) is 24.4 Å². The van der Waals surface area contributed by atoms with Crippen LogP contribution in [0.3, 0.4) is 0 Å². The fraction of sp³-hybridized carbons (Fsp3) is 0.367. The van der Waals surface area contributed by atoms with Gasteiger partial charge in [0.25, 0.3) is 0 Å². The quantitative estimate of drug-likeness (QED) is 0.263. The van der Waals surface area contributed by atoms with E-state index < -0.39 is 12.8 Å². The highest BCUT2D eigenvalue weighted by atomic mass is 35.5. The van der Waals surface area contributed by atoms with Gasteiger partial charge in [-0.2, -0.15) is 0 Å². The lowest BCUT2D eigenvalue weighted by molar-refractivity contribution is -0.138. The highest BCUT2D eigenvalue weighted by Crippen LogP contribution is 2.31. The van der Waals surface area contributed by atoms with Crippen molar-refractivity contribution >= 4 is 35.1 Å². The Labute approximate surface area is 258 Å². The Hall–Kier alpha value is -3.73. The number of hydrogen-bond acceptors (Lipinski definition) is 8. The molecule has 4 aromatic rings. The monoisotopic (exact) mass is 610 g/mol. The molecule has 218 valence electrons. The minimum Gasteiger partial charge on any atom is -0.481 e. The van der Waals surface area contributed by atoms with Crippen LogP contribution in [0.5, 0.6) is 11.6 Å². The van der Waals surface area contributed by atoms with Gasteiger partial charge in [-0.25, -0.2) is 19.9 Å². The number of carbonyl (C=O) groups is 1. The molecule has 0 saturated carbocycles. The lowest BCUT2D eigenvalue weighted by Crippen LogP contribution is -2.34. The number of halogens is 2. The number of pyridine rings is 1. The molecule has 3 aromatic heterocycles. The molecule has 1 N–H and O–H groups in total. The van der Waals surface area contributed by atoms with Gasteiger partial charge < -0.3 is 19.3 Å². The molecular weight excluding hydrogens is 577 g/mol. The Morgan fingerprint density at radius 1 is 1.02 bits per heavy atom. The fourth-order valence-corrected chi connectivity index (χ4v) is 6.03. The number of likely N-dealkylation sites (tertiary alicyclic amines) is 1. The van der Waals surface area contributed by atoms with Crippen LogP contribution in [0.2, 0.25) is 10.0 Å². The van der Waals surface area contributed by atoms with Gasteiger partial charge >= 0.3 is 5.97 Å². The fourth-order valence-electron chi connectivity index (χ4n) is 5.51. The Morgan fingerprint density at radius 3 is 2.50 bits per heavy atom. The molecular formula is C30H31Cl2N7O3. The maximum Gasteiger partial charge on any atom is 0.303 e. The van der Waals surface area contributed by atoms with E-state index in [1.54, 1.807) is 41.4 Å². The molecule has 2 aliphatic heterocycles. The molecule has 0 bridgehead atoms. The molecule has 1 saturated heterocycles. The highest BCUT2D eigenvalue weighted by molar-refractivity contribution is 6.35. The summed E-state index contributed by atoms with van der Waals surface area (Å²) in [6.45, 7) is 1.43. The van der Waals surface area contributed by atoms with Crippen molar-refractivity contribution in [2.45, 2.75) is 45.7 Å². The average Bonchev–Trinajstić information content (AvgIpc) is 3.42. The molecule has 2 aliphatic rings. The van der Waals surface area contributed by atoms with Crippen molar-refractivity contribution in [3.8, 4) is 22.9 Å². The largest absolute Gasteiger partial charge is 0.481 e. The van der Waals surface area contributed by atoms with Gasteiger partial charge in [-0.3, -0.25) is 9.69 Å². The van der Waals surface area contributed by atoms with Gasteiger partial charge in [0.1, 0.15) is 5.82 Å². The van der Waals surface area contributed by atoms with Crippen LogP contribution in [0.4, 0.5) is 5.95 Å². The van der Waals surface area contributed by atoms with Crippen LogP contribution in [0.25, 0.3) is 11.3 Å². The number of aryl methyl sites for hydroxylation is 1. The van der Waals surface area contributed by atoms with Crippen molar-refractivity contribution in [2.75, 3.05) is 24.5 Å². The smallest absolute Gasteiger partial charge is 0.303 e. The topological polar surface area (TPSA) is 110 Å². The molecule has 0 aliphatic carbocycles. The second kappa shape index (κ2) is 12.2. The summed E-state index contributed by atoms with van der Waals surface area (Å²) in [7, 11) is 0. The number of piperidine rings is 1. The zero-order valence-corrected chi connectivity index (χ0v) is 24.2. The molecule has 1 aromatic carbocycles. The third kappa shape index (κ3) is 6.67. The van der Waals surface area contributed by atoms with Gasteiger partial charge in [0.05, 0.1) is 36.5 Å². The van der Waals surface area contributed by atoms with E-state index in [0.717, 1.165) is 42.8 Å². The van der Waals surface area contributed by atoms with E-state index >= 15 is 0 Å². The molecule has 1 fully saturated rings. The number of nitrogens with zero attached hydrogens (tertiary/aromatic N) is 7. The number of aliphatic carboxylic acids is 1. The standard InChI is InChI=1S/C30H31Cl2N7O3/c1-19-33-14-25-18-38(6-7-39(19)25)30-34-15-26(16-35-30)42-28-9-21(17-37-4-2-20(3-5-37)10-29(40)41)8-27(36-28)22-11-23(31)13-24(32)12-22/h8-9,11-16,20H,2-7,10,17-18H2,1H3,(H,40,41)/i1D3. The Morgan fingerprint density at radius 2 is 1.79 bits per heavy atom. The molecule has 0 spiro atoms. The molecule has 12 heteroatoms. The third-order valence-electron chi connectivity index (χ3n) is 7.60. The predicted molar refractivity (Wildman–Crippen MR) is 160 cm³/mol. The lowest BCUT2D eigenvalue weighted by Gasteiger charge is -2.31. The minimum absolute atomic E-state index is 0.0960. The van der Waals surface area contributed by atoms with Crippen molar-refractivity contribution in [3.63, 3.8) is 0 Å². The Bertz CT molecular complexity index is 1670. The zero-order valence-electron chi connectivity index (χ0n) is 25.7. The first-order valence-corrected chi connectivity index (χ1v) is 14.5. The van der Waals surface area contributed by atoms with Crippen LogP contribution in [0.1, 0.15) is 40.5 Å². The lowest BCUT2D eigenvalue weighted by atomic mass is 9.93. The number of anilines is 1. The van der Waals surface area contributed by atoms with E-state index in [4.69, 9.17) is 42.1 Å². The second-order valence-electron chi connectivity index (χ2n) is 10.6. The van der Waals surface area contributed by atoms with Gasteiger partial charge in [0, 0.05) is 51.8 Å². The molecule has 6 rings (SSSR count). The molecule has 42 heavy (non-hydrogen) atoms. The number of hydrogen-bond donors (Lipinski definition) is 1. The van der Waals surface area contributed by atoms with Gasteiger partial charge in [-0.1, -0.05) is 23.2 Å². The molecule has 5 heterocycles. The molecule has 0 atom stereocenters. The zero-order chi connectivity index (χ0) is 31.7. The maximum absolute atomic E-state index is 11.1.